The summed E-state index contributed by atoms with van der Waals surface area (Å²) in [5.41, 5.74) is -3.50. The zero-order chi connectivity index (χ0) is 42.4. The van der Waals surface area contributed by atoms with Gasteiger partial charge in [-0.2, -0.15) is 26.3 Å². The number of methoxy groups -OCH3 is 1. The van der Waals surface area contributed by atoms with Crippen molar-refractivity contribution in [1.82, 2.24) is 30.2 Å². The molecule has 1 aromatic heterocycles. The van der Waals surface area contributed by atoms with Crippen LogP contribution in [0.15, 0.2) is 30.4 Å². The molecule has 15 nitrogen and oxygen atoms in total. The number of carbonyl (C=O) groups is 4. The molecule has 1 saturated heterocycles. The Labute approximate surface area is 328 Å². The Morgan fingerprint density at radius 3 is 2.43 bits per heavy atom. The lowest BCUT2D eigenvalue weighted by Crippen LogP contribution is -2.58. The third-order valence-corrected chi connectivity index (χ3v) is 13.1. The number of nitrogens with zero attached hydrogens (tertiary/aromatic N) is 3. The predicted molar refractivity (Wildman–Crippen MR) is 190 cm³/mol. The fraction of sp³-hybridized carbons (Fsp3) is 0.611. The van der Waals surface area contributed by atoms with E-state index in [4.69, 9.17) is 9.47 Å². The number of ether oxygens (including phenoxy) is 3. The number of aromatic nitrogens is 2. The molecule has 0 bridgehead atoms. The lowest BCUT2D eigenvalue weighted by molar-refractivity contribution is -0.197. The Morgan fingerprint density at radius 1 is 1.05 bits per heavy atom. The fourth-order valence-electron chi connectivity index (χ4n) is 6.92. The number of rotatable bonds is 8. The summed E-state index contributed by atoms with van der Waals surface area (Å²) in [7, 11) is -2.84. The monoisotopic (exact) mass is 848 g/mol. The smallest absolute Gasteiger partial charge is 0.438 e. The SMILES string of the molecule is COc1ccc2nc(C(F)(F)F)c(O[C@@H]3C[C@H]4C(=O)N[C@]5(C(=O)NS(=O)(=O)C6(C)CC6)CC5/C=C\CCCCC[C@H](NC(=O)O[C@@H](C)C(F)(F)F)C(=O)N4C3)nc2c1. The van der Waals surface area contributed by atoms with Crippen LogP contribution >= 0.6 is 0 Å². The minimum atomic E-state index is -5.08. The Kier molecular flexibility index (Phi) is 11.6. The van der Waals surface area contributed by atoms with Crippen molar-refractivity contribution in [3.8, 4) is 11.6 Å². The van der Waals surface area contributed by atoms with E-state index < -0.39 is 111 Å². The van der Waals surface area contributed by atoms with Gasteiger partial charge in [-0.25, -0.2) is 23.2 Å². The van der Waals surface area contributed by atoms with E-state index in [9.17, 15) is 53.9 Å². The minimum Gasteiger partial charge on any atom is -0.497 e. The van der Waals surface area contributed by atoms with Crippen LogP contribution in [0.2, 0.25) is 0 Å². The lowest BCUT2D eigenvalue weighted by Gasteiger charge is -2.30. The molecule has 2 aliphatic heterocycles. The van der Waals surface area contributed by atoms with Crippen LogP contribution in [0, 0.1) is 5.92 Å². The normalized spacial score (nSPS) is 27.4. The molecule has 2 saturated carbocycles. The molecule has 6 atom stereocenters. The predicted octanol–water partition coefficient (Wildman–Crippen LogP) is 4.44. The lowest BCUT2D eigenvalue weighted by atomic mass is 10.0. The molecule has 58 heavy (non-hydrogen) atoms. The second kappa shape index (κ2) is 15.7. The van der Waals surface area contributed by atoms with Crippen molar-refractivity contribution in [3.05, 3.63) is 36.0 Å². The van der Waals surface area contributed by atoms with Gasteiger partial charge in [-0.3, -0.25) is 19.1 Å². The molecule has 6 rings (SSSR count). The molecule has 3 N–H and O–H groups in total. The summed E-state index contributed by atoms with van der Waals surface area (Å²) in [6.07, 6.45) is -10.4. The van der Waals surface area contributed by atoms with Gasteiger partial charge in [0.15, 0.2) is 6.10 Å². The summed E-state index contributed by atoms with van der Waals surface area (Å²) in [5.74, 6) is -4.44. The molecule has 2 aliphatic carbocycles. The zero-order valence-electron chi connectivity index (χ0n) is 31.5. The van der Waals surface area contributed by atoms with Crippen molar-refractivity contribution in [2.24, 2.45) is 5.92 Å². The number of benzene rings is 1. The minimum absolute atomic E-state index is 0.0214. The highest BCUT2D eigenvalue weighted by Crippen LogP contribution is 2.48. The molecule has 3 fully saturated rings. The van der Waals surface area contributed by atoms with E-state index >= 15 is 0 Å². The molecule has 0 radical (unpaired) electrons. The van der Waals surface area contributed by atoms with Gasteiger partial charge in [0.25, 0.3) is 5.91 Å². The summed E-state index contributed by atoms with van der Waals surface area (Å²) >= 11 is 0. The Balaban J connectivity index is 1.34. The number of halogens is 6. The third-order valence-electron chi connectivity index (χ3n) is 10.9. The van der Waals surface area contributed by atoms with Crippen molar-refractivity contribution >= 4 is 44.9 Å². The largest absolute Gasteiger partial charge is 0.497 e. The van der Waals surface area contributed by atoms with Gasteiger partial charge in [-0.15, -0.1) is 0 Å². The van der Waals surface area contributed by atoms with Gasteiger partial charge in [0.1, 0.15) is 29.5 Å². The topological polar surface area (TPSA) is 195 Å². The Bertz CT molecular complexity index is 2100. The van der Waals surface area contributed by atoms with E-state index in [0.717, 1.165) is 4.90 Å². The van der Waals surface area contributed by atoms with Crippen LogP contribution in [-0.2, 0) is 35.3 Å². The van der Waals surface area contributed by atoms with E-state index in [0.29, 0.717) is 39.0 Å². The third kappa shape index (κ3) is 9.05. The second-order valence-electron chi connectivity index (χ2n) is 15.2. The average molecular weight is 849 g/mol. The highest BCUT2D eigenvalue weighted by Gasteiger charge is 2.63. The quantitative estimate of drug-likeness (QED) is 0.251. The number of allylic oxidation sites excluding steroid dienone is 1. The van der Waals surface area contributed by atoms with Crippen LogP contribution in [0.4, 0.5) is 31.1 Å². The van der Waals surface area contributed by atoms with Gasteiger partial charge in [0, 0.05) is 18.4 Å². The van der Waals surface area contributed by atoms with Gasteiger partial charge in [0.05, 0.1) is 29.4 Å². The number of hydrogen-bond donors (Lipinski definition) is 3. The van der Waals surface area contributed by atoms with Gasteiger partial charge < -0.3 is 29.7 Å². The summed E-state index contributed by atoms with van der Waals surface area (Å²) < 4.78 is 125. The number of amides is 4. The number of hydrogen-bond acceptors (Lipinski definition) is 11. The van der Waals surface area contributed by atoms with Crippen LogP contribution in [0.5, 0.6) is 11.6 Å². The number of alkyl carbamates (subject to hydrolysis) is 1. The van der Waals surface area contributed by atoms with Gasteiger partial charge in [-0.1, -0.05) is 25.0 Å². The van der Waals surface area contributed by atoms with Crippen molar-refractivity contribution < 1.29 is 68.1 Å². The maximum Gasteiger partial charge on any atom is 0.438 e. The van der Waals surface area contributed by atoms with Gasteiger partial charge in [-0.05, 0) is 64.5 Å². The molecule has 2 aromatic rings. The number of carbonyl (C=O) groups excluding carboxylic acids is 4. The number of sulfonamides is 1. The van der Waals surface area contributed by atoms with Crippen molar-refractivity contribution in [3.63, 3.8) is 0 Å². The first kappa shape index (κ1) is 42.7. The van der Waals surface area contributed by atoms with E-state index in [2.05, 4.69) is 30.1 Å². The maximum atomic E-state index is 14.3. The van der Waals surface area contributed by atoms with Crippen LogP contribution in [0.3, 0.4) is 0 Å². The molecule has 0 spiro atoms. The van der Waals surface area contributed by atoms with Gasteiger partial charge in [0.2, 0.25) is 33.4 Å². The first-order chi connectivity index (χ1) is 27.1. The Hall–Kier alpha value is -4.89. The van der Waals surface area contributed by atoms with E-state index in [-0.39, 0.29) is 36.0 Å². The molecule has 318 valence electrons. The van der Waals surface area contributed by atoms with E-state index in [1.54, 1.807) is 12.2 Å². The number of alkyl halides is 6. The molecule has 1 unspecified atom stereocenters. The van der Waals surface area contributed by atoms with Crippen LogP contribution in [0.25, 0.3) is 11.0 Å². The first-order valence-corrected chi connectivity index (χ1v) is 20.0. The highest BCUT2D eigenvalue weighted by molar-refractivity contribution is 7.91. The Morgan fingerprint density at radius 2 is 1.78 bits per heavy atom. The molecular weight excluding hydrogens is 806 g/mol. The van der Waals surface area contributed by atoms with E-state index in [1.807, 2.05) is 0 Å². The van der Waals surface area contributed by atoms with Crippen molar-refractivity contribution in [1.29, 1.82) is 0 Å². The van der Waals surface area contributed by atoms with Crippen molar-refractivity contribution in [2.75, 3.05) is 13.7 Å². The maximum absolute atomic E-state index is 14.3. The fourth-order valence-corrected chi connectivity index (χ4v) is 8.23. The molecule has 22 heteroatoms. The summed E-state index contributed by atoms with van der Waals surface area (Å²) in [6, 6.07) is 0.771. The first-order valence-electron chi connectivity index (χ1n) is 18.6. The summed E-state index contributed by atoms with van der Waals surface area (Å²) in [4.78, 5) is 63.7. The summed E-state index contributed by atoms with van der Waals surface area (Å²) in [6.45, 7) is 1.46. The second-order valence-corrected chi connectivity index (χ2v) is 17.4. The summed E-state index contributed by atoms with van der Waals surface area (Å²) in [5, 5.41) is 4.76. The highest BCUT2D eigenvalue weighted by atomic mass is 32.2. The van der Waals surface area contributed by atoms with Crippen LogP contribution < -0.4 is 24.8 Å². The zero-order valence-corrected chi connectivity index (χ0v) is 32.4. The molecule has 1 aromatic carbocycles. The van der Waals surface area contributed by atoms with Crippen LogP contribution in [0.1, 0.15) is 77.3 Å². The standard InChI is InChI=1S/C36H42F6N6O9S/c1-19(35(37,38)39)56-32(52)45-24-10-8-6-4-5-7-9-20-17-34(20,31(51)47-58(53,54)33(2)13-14-33)46-28(49)26-16-22(18-48(26)30(24)50)57-29-27(36(40,41)42)43-23-12-11-21(55-3)15-25(23)44-29/h7,9,11-12,15,19-20,22,24,26H,4-6,8,10,13-14,16-18H2,1-3H3,(H,45,52)(H,46,49)(H,47,51)/b9-7-/t19-,20?,22+,24-,26-,34+/m0/s1. The molecule has 4 aliphatic rings. The molecular formula is C36H42F6N6O9S. The number of nitrogens with one attached hydrogen (secondary N) is 3. The van der Waals surface area contributed by atoms with Crippen molar-refractivity contribution in [2.45, 2.75) is 119 Å². The average Bonchev–Trinajstić information content (AvgIpc) is 4.02. The number of fused-ring (bicyclic) bond motifs is 3. The molecule has 4 amide bonds. The van der Waals surface area contributed by atoms with E-state index in [1.165, 1.54) is 32.2 Å². The van der Waals surface area contributed by atoms with Gasteiger partial charge >= 0.3 is 18.4 Å². The van der Waals surface area contributed by atoms with Crippen LogP contribution in [-0.4, -0.2) is 102 Å². The molecule has 3 heterocycles.